The van der Waals surface area contributed by atoms with Gasteiger partial charge in [0, 0.05) is 47.9 Å². The number of anilines is 1. The number of methoxy groups -OCH3 is 1. The van der Waals surface area contributed by atoms with E-state index in [2.05, 4.69) is 40.4 Å². The van der Waals surface area contributed by atoms with Gasteiger partial charge in [0.2, 0.25) is 0 Å². The molecule has 3 heterocycles. The fourth-order valence-corrected chi connectivity index (χ4v) is 11.1. The van der Waals surface area contributed by atoms with Crippen LogP contribution in [0.4, 0.5) is 5.82 Å². The molecule has 0 radical (unpaired) electrons. The second kappa shape index (κ2) is 12.9. The number of azide groups is 1. The Morgan fingerprint density at radius 2 is 1.75 bits per heavy atom. The maximum Gasteiger partial charge on any atom is 0.358 e. The number of fused-ring (bicyclic) bond motifs is 1. The smallest absolute Gasteiger partial charge is 0.358 e. The molecule has 12 nitrogen and oxygen atoms in total. The molecule has 4 saturated carbocycles. The van der Waals surface area contributed by atoms with Gasteiger partial charge in [-0.1, -0.05) is 31.1 Å². The molecule has 52 heavy (non-hydrogen) atoms. The summed E-state index contributed by atoms with van der Waals surface area (Å²) >= 11 is 0. The molecule has 0 N–H and O–H groups in total. The third-order valence-electron chi connectivity index (χ3n) is 11.7. The summed E-state index contributed by atoms with van der Waals surface area (Å²) in [6, 6.07) is 9.63. The number of ether oxygens (including phenoxy) is 3. The average molecular weight is 710 g/mol. The lowest BCUT2D eigenvalue weighted by Gasteiger charge is -2.69. The number of esters is 2. The number of carbonyl (C=O) groups excluding carboxylic acids is 2. The van der Waals surface area contributed by atoms with Crippen LogP contribution < -0.4 is 4.90 Å². The van der Waals surface area contributed by atoms with Crippen molar-refractivity contribution in [3.05, 3.63) is 75.0 Å². The Morgan fingerprint density at radius 1 is 1.00 bits per heavy atom. The van der Waals surface area contributed by atoms with E-state index >= 15 is 0 Å². The largest absolute Gasteiger partial charge is 0.465 e. The van der Waals surface area contributed by atoms with E-state index in [0.717, 1.165) is 67.5 Å². The molecule has 1 aliphatic heterocycles. The second-order valence-corrected chi connectivity index (χ2v) is 17.6. The van der Waals surface area contributed by atoms with Gasteiger partial charge in [-0.2, -0.15) is 5.10 Å². The minimum atomic E-state index is -0.714. The first kappa shape index (κ1) is 36.0. The molecule has 5 aliphatic rings. The zero-order chi connectivity index (χ0) is 37.1. The quantitative estimate of drug-likeness (QED) is 0.0677. The van der Waals surface area contributed by atoms with Gasteiger partial charge in [0.15, 0.2) is 5.69 Å². The SMILES string of the molecule is COC(=O)c1cccc2c1CN(c1ccc(-c3cnn(CC45CC6(C)CC(C)(C4)CC(OCCN=[N+]=[N-])(C6)C5)c3C)c(C(=O)OC(C)(C)C)n1)CC2. The Hall–Kier alpha value is -4.41. The number of rotatable bonds is 10. The summed E-state index contributed by atoms with van der Waals surface area (Å²) in [5, 5.41) is 8.68. The molecule has 1 aromatic carbocycles. The summed E-state index contributed by atoms with van der Waals surface area (Å²) in [4.78, 5) is 36.5. The third kappa shape index (κ3) is 6.78. The van der Waals surface area contributed by atoms with Crippen molar-refractivity contribution in [3.8, 4) is 11.1 Å². The van der Waals surface area contributed by atoms with Gasteiger partial charge in [-0.25, -0.2) is 14.6 Å². The summed E-state index contributed by atoms with van der Waals surface area (Å²) < 4.78 is 19.8. The van der Waals surface area contributed by atoms with Crippen molar-refractivity contribution < 1.29 is 23.8 Å². The number of nitrogens with zero attached hydrogens (tertiary/aromatic N) is 7. The Morgan fingerprint density at radius 3 is 2.44 bits per heavy atom. The van der Waals surface area contributed by atoms with Crippen molar-refractivity contribution in [3.63, 3.8) is 0 Å². The lowest BCUT2D eigenvalue weighted by Crippen LogP contribution is -2.64. The first-order chi connectivity index (χ1) is 24.6. The van der Waals surface area contributed by atoms with Gasteiger partial charge in [-0.05, 0) is 124 Å². The van der Waals surface area contributed by atoms with E-state index in [0.29, 0.717) is 43.2 Å². The molecule has 8 rings (SSSR count). The molecule has 0 spiro atoms. The summed E-state index contributed by atoms with van der Waals surface area (Å²) in [6.45, 7) is 15.2. The van der Waals surface area contributed by atoms with Gasteiger partial charge < -0.3 is 19.1 Å². The lowest BCUT2D eigenvalue weighted by atomic mass is 9.39. The molecule has 2 aromatic heterocycles. The fraction of sp³-hybridized carbons (Fsp3) is 0.600. The first-order valence-electron chi connectivity index (χ1n) is 18.4. The minimum Gasteiger partial charge on any atom is -0.465 e. The van der Waals surface area contributed by atoms with Crippen LogP contribution in [0.5, 0.6) is 0 Å². The van der Waals surface area contributed by atoms with E-state index in [4.69, 9.17) is 29.8 Å². The van der Waals surface area contributed by atoms with Crippen LogP contribution in [0, 0.1) is 23.2 Å². The summed E-state index contributed by atoms with van der Waals surface area (Å²) in [7, 11) is 1.39. The van der Waals surface area contributed by atoms with Crippen molar-refractivity contribution in [1.82, 2.24) is 14.8 Å². The Kier molecular flexibility index (Phi) is 8.93. The topological polar surface area (TPSA) is 145 Å². The highest BCUT2D eigenvalue weighted by atomic mass is 16.6. The van der Waals surface area contributed by atoms with Crippen molar-refractivity contribution >= 4 is 17.8 Å². The van der Waals surface area contributed by atoms with Gasteiger partial charge in [-0.3, -0.25) is 4.68 Å². The normalized spacial score (nSPS) is 27.6. The number of hydrogen-bond donors (Lipinski definition) is 0. The lowest BCUT2D eigenvalue weighted by molar-refractivity contribution is -0.247. The van der Waals surface area contributed by atoms with Crippen LogP contribution in [0.1, 0.15) is 111 Å². The molecular weight excluding hydrogens is 658 g/mol. The van der Waals surface area contributed by atoms with E-state index in [1.165, 1.54) is 13.5 Å². The van der Waals surface area contributed by atoms with E-state index in [9.17, 15) is 9.59 Å². The predicted molar refractivity (Wildman–Crippen MR) is 197 cm³/mol. The van der Waals surface area contributed by atoms with Crippen molar-refractivity contribution in [1.29, 1.82) is 0 Å². The van der Waals surface area contributed by atoms with Gasteiger partial charge in [0.05, 0.1) is 31.1 Å². The molecule has 4 bridgehead atoms. The highest BCUT2D eigenvalue weighted by Gasteiger charge is 2.66. The van der Waals surface area contributed by atoms with Crippen molar-refractivity contribution in [2.75, 3.05) is 31.7 Å². The van der Waals surface area contributed by atoms with Gasteiger partial charge >= 0.3 is 11.9 Å². The summed E-state index contributed by atoms with van der Waals surface area (Å²) in [5.41, 5.74) is 13.5. The number of benzene rings is 1. The average Bonchev–Trinajstić information content (AvgIpc) is 3.41. The van der Waals surface area contributed by atoms with Crippen LogP contribution in [0.25, 0.3) is 21.6 Å². The maximum absolute atomic E-state index is 13.9. The fourth-order valence-electron chi connectivity index (χ4n) is 11.1. The predicted octanol–water partition coefficient (Wildman–Crippen LogP) is 8.00. The number of hydrogen-bond acceptors (Lipinski definition) is 9. The third-order valence-corrected chi connectivity index (χ3v) is 11.7. The molecule has 4 fully saturated rings. The molecule has 276 valence electrons. The van der Waals surface area contributed by atoms with Crippen LogP contribution in [-0.2, 0) is 33.7 Å². The van der Waals surface area contributed by atoms with E-state index in [-0.39, 0.29) is 33.5 Å². The van der Waals surface area contributed by atoms with Crippen LogP contribution in [0.2, 0.25) is 0 Å². The number of aromatic nitrogens is 3. The molecule has 12 heteroatoms. The second-order valence-electron chi connectivity index (χ2n) is 17.6. The Balaban J connectivity index is 1.21. The molecule has 3 aromatic rings. The molecule has 0 saturated heterocycles. The van der Waals surface area contributed by atoms with Gasteiger partial charge in [0.1, 0.15) is 11.4 Å². The van der Waals surface area contributed by atoms with Crippen molar-refractivity contribution in [2.24, 2.45) is 21.4 Å². The highest BCUT2D eigenvalue weighted by Crippen LogP contribution is 2.72. The zero-order valence-corrected chi connectivity index (χ0v) is 31.6. The van der Waals surface area contributed by atoms with E-state index in [1.54, 1.807) is 6.07 Å². The highest BCUT2D eigenvalue weighted by molar-refractivity contribution is 5.96. The van der Waals surface area contributed by atoms with Crippen LogP contribution >= 0.6 is 0 Å². The molecule has 4 aliphatic carbocycles. The molecule has 2 unspecified atom stereocenters. The van der Waals surface area contributed by atoms with Crippen LogP contribution in [0.15, 0.2) is 41.6 Å². The maximum atomic E-state index is 13.9. The summed E-state index contributed by atoms with van der Waals surface area (Å²) in [6.07, 6.45) is 9.01. The molecule has 0 amide bonds. The summed E-state index contributed by atoms with van der Waals surface area (Å²) in [5.74, 6) is -0.222. The molecular formula is C40H51N7O5. The number of carbonyl (C=O) groups is 2. The van der Waals surface area contributed by atoms with Crippen LogP contribution in [0.3, 0.4) is 0 Å². The Bertz CT molecular complexity index is 1940. The van der Waals surface area contributed by atoms with Gasteiger partial charge in [-0.15, -0.1) is 0 Å². The van der Waals surface area contributed by atoms with E-state index in [1.807, 2.05) is 51.2 Å². The number of pyridine rings is 1. The van der Waals surface area contributed by atoms with Crippen molar-refractivity contribution in [2.45, 2.75) is 111 Å². The monoisotopic (exact) mass is 709 g/mol. The first-order valence-corrected chi connectivity index (χ1v) is 18.4. The van der Waals surface area contributed by atoms with E-state index < -0.39 is 11.6 Å². The molecule has 2 atom stereocenters. The van der Waals surface area contributed by atoms with Gasteiger partial charge in [0.25, 0.3) is 0 Å². The van der Waals surface area contributed by atoms with Crippen LogP contribution in [-0.4, -0.2) is 64.7 Å². The zero-order valence-electron chi connectivity index (χ0n) is 31.6. The Labute approximate surface area is 305 Å². The standard InChI is InChI=1S/C40H51N7O5/c1-26-30(17-43-47(26)25-39-20-37(5)19-38(6,21-39)23-40(22-37,24-39)51-16-14-42-45-41)28-11-12-32(44-33(28)35(49)52-36(2,3)4)46-15-13-27-9-8-10-29(31(27)18-46)34(48)50-7/h8-12,17H,13-16,18-25H2,1-7H3. The minimum absolute atomic E-state index is 0.00844.